The van der Waals surface area contributed by atoms with Gasteiger partial charge in [-0.15, -0.1) is 16.8 Å². The lowest BCUT2D eigenvalue weighted by molar-refractivity contribution is -0.113. The van der Waals surface area contributed by atoms with Crippen molar-refractivity contribution in [3.05, 3.63) is 82.1 Å². The third-order valence-electron chi connectivity index (χ3n) is 5.10. The zero-order valence-electron chi connectivity index (χ0n) is 19.7. The van der Waals surface area contributed by atoms with E-state index >= 15 is 0 Å². The monoisotopic (exact) mass is 531 g/mol. The first-order valence-corrected chi connectivity index (χ1v) is 12.7. The maximum absolute atomic E-state index is 12.9. The zero-order valence-corrected chi connectivity index (χ0v) is 22.0. The smallest absolute Gasteiger partial charge is 0.251 e. The predicted molar refractivity (Wildman–Crippen MR) is 142 cm³/mol. The molecule has 7 nitrogen and oxygen atoms in total. The van der Waals surface area contributed by atoms with Crippen molar-refractivity contribution < 1.29 is 9.59 Å². The molecule has 0 bridgehead atoms. The highest BCUT2D eigenvalue weighted by molar-refractivity contribution is 7.99. The predicted octanol–water partition coefficient (Wildman–Crippen LogP) is 5.94. The Kier molecular flexibility index (Phi) is 9.37. The molecule has 0 aliphatic carbocycles. The summed E-state index contributed by atoms with van der Waals surface area (Å²) < 4.78 is 1.87. The average Bonchev–Trinajstić information content (AvgIpc) is 3.20. The van der Waals surface area contributed by atoms with Gasteiger partial charge >= 0.3 is 0 Å². The van der Waals surface area contributed by atoms with Crippen molar-refractivity contribution in [2.75, 3.05) is 11.1 Å². The van der Waals surface area contributed by atoms with Crippen LogP contribution in [0.25, 0.3) is 0 Å². The number of carbonyl (C=O) groups excluding carboxylic acids is 2. The van der Waals surface area contributed by atoms with Crippen LogP contribution in [0.2, 0.25) is 10.0 Å². The van der Waals surface area contributed by atoms with Crippen LogP contribution in [0.3, 0.4) is 0 Å². The van der Waals surface area contributed by atoms with Gasteiger partial charge < -0.3 is 15.2 Å². The van der Waals surface area contributed by atoms with Gasteiger partial charge in [-0.05, 0) is 43.2 Å². The summed E-state index contributed by atoms with van der Waals surface area (Å²) in [5.41, 5.74) is 2.14. The van der Waals surface area contributed by atoms with E-state index in [4.69, 9.17) is 23.2 Å². The van der Waals surface area contributed by atoms with E-state index in [2.05, 4.69) is 27.4 Å². The Morgan fingerprint density at radius 2 is 1.91 bits per heavy atom. The molecule has 2 amide bonds. The number of aromatic nitrogens is 3. The lowest BCUT2D eigenvalue weighted by Crippen LogP contribution is -2.34. The first kappa shape index (κ1) is 26.8. The first-order chi connectivity index (χ1) is 16.7. The summed E-state index contributed by atoms with van der Waals surface area (Å²) in [6.45, 7) is 10.2. The zero-order chi connectivity index (χ0) is 25.5. The summed E-state index contributed by atoms with van der Waals surface area (Å²) in [4.78, 5) is 25.4. The van der Waals surface area contributed by atoms with Crippen LogP contribution in [0.4, 0.5) is 5.69 Å². The summed E-state index contributed by atoms with van der Waals surface area (Å²) in [5.74, 6) is 0.352. The minimum atomic E-state index is -0.380. The Balaban J connectivity index is 1.75. The molecular formula is C25H27Cl2N5O2S. The van der Waals surface area contributed by atoms with E-state index in [1.807, 2.05) is 43.5 Å². The lowest BCUT2D eigenvalue weighted by Gasteiger charge is -2.22. The summed E-state index contributed by atoms with van der Waals surface area (Å²) in [5, 5.41) is 15.9. The molecule has 3 rings (SSSR count). The number of rotatable bonds is 10. The Morgan fingerprint density at radius 3 is 2.57 bits per heavy atom. The van der Waals surface area contributed by atoms with E-state index in [0.717, 1.165) is 5.56 Å². The number of anilines is 1. The van der Waals surface area contributed by atoms with Gasteiger partial charge in [0.25, 0.3) is 5.91 Å². The van der Waals surface area contributed by atoms with Crippen molar-refractivity contribution in [1.82, 2.24) is 20.1 Å². The van der Waals surface area contributed by atoms with Crippen molar-refractivity contribution in [2.45, 2.75) is 38.5 Å². The minimum absolute atomic E-state index is 0.0485. The normalized spacial score (nSPS) is 11.8. The number of amides is 2. The van der Waals surface area contributed by atoms with Crippen LogP contribution >= 0.6 is 35.0 Å². The van der Waals surface area contributed by atoms with Crippen LogP contribution in [0, 0.1) is 12.8 Å². The number of halogens is 2. The quantitative estimate of drug-likeness (QED) is 0.249. The van der Waals surface area contributed by atoms with Crippen LogP contribution in [0.1, 0.15) is 41.6 Å². The van der Waals surface area contributed by atoms with Gasteiger partial charge in [-0.25, -0.2) is 0 Å². The van der Waals surface area contributed by atoms with E-state index in [-0.39, 0.29) is 29.5 Å². The van der Waals surface area contributed by atoms with Gasteiger partial charge in [0, 0.05) is 17.8 Å². The number of hydrogen-bond donors (Lipinski definition) is 2. The molecule has 1 aromatic heterocycles. The van der Waals surface area contributed by atoms with E-state index in [0.29, 0.717) is 38.8 Å². The molecule has 184 valence electrons. The van der Waals surface area contributed by atoms with Gasteiger partial charge in [0.05, 0.1) is 21.8 Å². The fourth-order valence-electron chi connectivity index (χ4n) is 3.38. The summed E-state index contributed by atoms with van der Waals surface area (Å²) in [6.07, 6.45) is 1.73. The second kappa shape index (κ2) is 12.2. The van der Waals surface area contributed by atoms with Crippen LogP contribution in [0.5, 0.6) is 0 Å². The van der Waals surface area contributed by atoms with Crippen molar-refractivity contribution in [1.29, 1.82) is 0 Å². The number of nitrogens with zero attached hydrogens (tertiary/aromatic N) is 3. The first-order valence-electron chi connectivity index (χ1n) is 11.0. The fraction of sp³-hybridized carbons (Fsp3) is 0.280. The van der Waals surface area contributed by atoms with E-state index in [1.165, 1.54) is 11.8 Å². The van der Waals surface area contributed by atoms with E-state index < -0.39 is 0 Å². The molecule has 3 aromatic rings. The molecule has 0 spiro atoms. The third kappa shape index (κ3) is 7.10. The number of nitrogens with one attached hydrogen (secondary N) is 2. The molecule has 1 heterocycles. The number of thioether (sulfide) groups is 1. The molecule has 0 saturated carbocycles. The Hall–Kier alpha value is -2.81. The van der Waals surface area contributed by atoms with Crippen molar-refractivity contribution >= 4 is 52.5 Å². The van der Waals surface area contributed by atoms with Gasteiger partial charge in [-0.2, -0.15) is 0 Å². The van der Waals surface area contributed by atoms with Gasteiger partial charge in [-0.3, -0.25) is 9.59 Å². The Labute approximate surface area is 219 Å². The summed E-state index contributed by atoms with van der Waals surface area (Å²) >= 11 is 13.2. The maximum atomic E-state index is 12.9. The van der Waals surface area contributed by atoms with Crippen molar-refractivity contribution in [3.8, 4) is 0 Å². The highest BCUT2D eigenvalue weighted by Crippen LogP contribution is 2.27. The highest BCUT2D eigenvalue weighted by atomic mass is 35.5. The third-order valence-corrected chi connectivity index (χ3v) is 6.81. The second-order valence-electron chi connectivity index (χ2n) is 8.27. The Bertz CT molecular complexity index is 1230. The molecule has 0 aliphatic rings. The topological polar surface area (TPSA) is 88.9 Å². The fourth-order valence-corrected chi connectivity index (χ4v) is 4.43. The number of aryl methyl sites for hydroxylation is 1. The van der Waals surface area contributed by atoms with Crippen LogP contribution < -0.4 is 10.6 Å². The van der Waals surface area contributed by atoms with Gasteiger partial charge in [0.1, 0.15) is 0 Å². The highest BCUT2D eigenvalue weighted by Gasteiger charge is 2.26. The SMILES string of the molecule is C=CCn1c(SCC(=O)Nc2ccc(Cl)c(Cl)c2)nnc1[C@@H](NC(=O)c1cccc(C)c1)C(C)C. The van der Waals surface area contributed by atoms with Crippen molar-refractivity contribution in [3.63, 3.8) is 0 Å². The molecule has 2 aromatic carbocycles. The standard InChI is InChI=1S/C25H27Cl2N5O2S/c1-5-11-32-23(22(15(2)3)29-24(34)17-8-6-7-16(4)12-17)30-31-25(32)35-14-21(33)28-18-9-10-19(26)20(27)13-18/h5-10,12-13,15,22H,1,11,14H2,2-4H3,(H,28,33)(H,29,34)/t22-/m0/s1. The van der Waals surface area contributed by atoms with Gasteiger partial charge in [0.15, 0.2) is 11.0 Å². The summed E-state index contributed by atoms with van der Waals surface area (Å²) in [7, 11) is 0. The van der Waals surface area contributed by atoms with E-state index in [9.17, 15) is 9.59 Å². The van der Waals surface area contributed by atoms with Crippen molar-refractivity contribution in [2.24, 2.45) is 5.92 Å². The molecule has 0 radical (unpaired) electrons. The number of benzene rings is 2. The van der Waals surface area contributed by atoms with Crippen LogP contribution in [-0.4, -0.2) is 32.3 Å². The maximum Gasteiger partial charge on any atom is 0.251 e. The second-order valence-corrected chi connectivity index (χ2v) is 10.0. The summed E-state index contributed by atoms with van der Waals surface area (Å²) in [6, 6.07) is 11.9. The number of allylic oxidation sites excluding steroid dienone is 1. The molecule has 0 aliphatic heterocycles. The average molecular weight is 532 g/mol. The van der Waals surface area contributed by atoms with Gasteiger partial charge in [0.2, 0.25) is 5.91 Å². The number of carbonyl (C=O) groups is 2. The Morgan fingerprint density at radius 1 is 1.14 bits per heavy atom. The van der Waals surface area contributed by atoms with Gasteiger partial charge in [-0.1, -0.05) is 72.6 Å². The number of hydrogen-bond acceptors (Lipinski definition) is 5. The van der Waals surface area contributed by atoms with E-state index in [1.54, 1.807) is 30.3 Å². The molecule has 0 fully saturated rings. The molecule has 0 saturated heterocycles. The van der Waals surface area contributed by atoms with Crippen LogP contribution in [-0.2, 0) is 11.3 Å². The molecule has 0 unspecified atom stereocenters. The molecule has 35 heavy (non-hydrogen) atoms. The molecule has 1 atom stereocenters. The lowest BCUT2D eigenvalue weighted by atomic mass is 10.0. The largest absolute Gasteiger partial charge is 0.342 e. The molecule has 2 N–H and O–H groups in total. The molecule has 10 heteroatoms. The molecular weight excluding hydrogens is 505 g/mol. The van der Waals surface area contributed by atoms with Crippen LogP contribution in [0.15, 0.2) is 60.3 Å². The minimum Gasteiger partial charge on any atom is -0.342 e.